The van der Waals surface area contributed by atoms with Gasteiger partial charge in [-0.2, -0.15) is 0 Å². The van der Waals surface area contributed by atoms with Crippen LogP contribution in [0.4, 0.5) is 0 Å². The normalized spacial score (nSPS) is 18.4. The van der Waals surface area contributed by atoms with Crippen LogP contribution in [0.2, 0.25) is 5.02 Å². The summed E-state index contributed by atoms with van der Waals surface area (Å²) in [5, 5.41) is 1.20. The van der Waals surface area contributed by atoms with Gasteiger partial charge in [-0.1, -0.05) is 11.6 Å². The van der Waals surface area contributed by atoms with E-state index in [1.165, 1.54) is 5.69 Å². The molecule has 1 aliphatic rings. The lowest BCUT2D eigenvalue weighted by atomic mass is 10.2. The van der Waals surface area contributed by atoms with Crippen molar-refractivity contribution in [2.75, 3.05) is 0 Å². The Morgan fingerprint density at radius 2 is 2.47 bits per heavy atom. The number of rotatable bonds is 2. The summed E-state index contributed by atoms with van der Waals surface area (Å²) in [6, 6.07) is 1.85. The molecule has 0 aromatic carbocycles. The van der Waals surface area contributed by atoms with Gasteiger partial charge in [-0.25, -0.2) is 4.98 Å². The molecule has 2 aromatic rings. The molecule has 1 atom stereocenters. The molecule has 1 aliphatic heterocycles. The summed E-state index contributed by atoms with van der Waals surface area (Å²) in [4.78, 5) is 9.75. The van der Waals surface area contributed by atoms with E-state index in [0.29, 0.717) is 5.25 Å². The highest BCUT2D eigenvalue weighted by Gasteiger charge is 2.28. The van der Waals surface area contributed by atoms with E-state index < -0.39 is 0 Å². The van der Waals surface area contributed by atoms with Crippen LogP contribution in [0.15, 0.2) is 29.7 Å². The van der Waals surface area contributed by atoms with Crippen molar-refractivity contribution in [3.63, 3.8) is 0 Å². The zero-order valence-corrected chi connectivity index (χ0v) is 11.0. The molecule has 3 rings (SSSR count). The molecule has 2 aromatic heterocycles. The number of aryl methyl sites for hydroxylation is 1. The third-order valence-corrected chi connectivity index (χ3v) is 4.80. The summed E-state index contributed by atoms with van der Waals surface area (Å²) >= 11 is 7.98. The van der Waals surface area contributed by atoms with Gasteiger partial charge in [-0.3, -0.25) is 4.98 Å². The van der Waals surface area contributed by atoms with Crippen molar-refractivity contribution in [2.24, 2.45) is 0 Å². The molecule has 3 nitrogen and oxygen atoms in total. The lowest BCUT2D eigenvalue weighted by molar-refractivity contribution is 0.698. The monoisotopic (exact) mass is 265 g/mol. The molecule has 0 fully saturated rings. The minimum Gasteiger partial charge on any atom is -0.334 e. The number of hydrogen-bond donors (Lipinski definition) is 0. The quantitative estimate of drug-likeness (QED) is 0.834. The van der Waals surface area contributed by atoms with Gasteiger partial charge in [0.15, 0.2) is 0 Å². The number of halogens is 1. The van der Waals surface area contributed by atoms with Crippen molar-refractivity contribution in [1.82, 2.24) is 14.5 Å². The van der Waals surface area contributed by atoms with E-state index in [0.717, 1.165) is 28.6 Å². The van der Waals surface area contributed by atoms with Crippen LogP contribution < -0.4 is 0 Å². The lowest BCUT2D eigenvalue weighted by Gasteiger charge is -2.10. The number of imidazole rings is 1. The summed E-state index contributed by atoms with van der Waals surface area (Å²) in [6.45, 7) is 3.08. The number of nitrogens with zero attached hydrogens (tertiary/aromatic N) is 3. The van der Waals surface area contributed by atoms with Crippen LogP contribution in [0.25, 0.3) is 0 Å². The summed E-state index contributed by atoms with van der Waals surface area (Å²) in [5.74, 6) is 0. The van der Waals surface area contributed by atoms with E-state index in [9.17, 15) is 0 Å². The first-order valence-corrected chi connectivity index (χ1v) is 6.85. The Labute approximate surface area is 109 Å². The van der Waals surface area contributed by atoms with Crippen molar-refractivity contribution in [3.05, 3.63) is 41.2 Å². The highest BCUT2D eigenvalue weighted by Crippen LogP contribution is 2.48. The Morgan fingerprint density at radius 3 is 3.24 bits per heavy atom. The minimum atomic E-state index is 0.389. The zero-order valence-electron chi connectivity index (χ0n) is 9.43. The number of aromatic nitrogens is 3. The molecule has 1 unspecified atom stereocenters. The maximum atomic E-state index is 6.19. The van der Waals surface area contributed by atoms with E-state index in [1.54, 1.807) is 18.0 Å². The molecule has 3 heterocycles. The third kappa shape index (κ3) is 1.85. The highest BCUT2D eigenvalue weighted by molar-refractivity contribution is 8.00. The van der Waals surface area contributed by atoms with Crippen LogP contribution in [-0.2, 0) is 13.0 Å². The molecule has 0 saturated heterocycles. The van der Waals surface area contributed by atoms with Crippen LogP contribution in [0.3, 0.4) is 0 Å². The van der Waals surface area contributed by atoms with Gasteiger partial charge in [0.1, 0.15) is 0 Å². The van der Waals surface area contributed by atoms with Gasteiger partial charge in [-0.05, 0) is 13.0 Å². The van der Waals surface area contributed by atoms with E-state index in [4.69, 9.17) is 11.6 Å². The van der Waals surface area contributed by atoms with E-state index in [2.05, 4.69) is 21.5 Å². The molecule has 0 N–H and O–H groups in total. The van der Waals surface area contributed by atoms with Crippen LogP contribution in [0.5, 0.6) is 0 Å². The van der Waals surface area contributed by atoms with Gasteiger partial charge in [0.05, 0.1) is 28.0 Å². The number of fused-ring (bicyclic) bond motifs is 1. The topological polar surface area (TPSA) is 30.7 Å². The Bertz CT molecular complexity index is 552. The van der Waals surface area contributed by atoms with E-state index >= 15 is 0 Å². The minimum absolute atomic E-state index is 0.389. The first-order valence-electron chi connectivity index (χ1n) is 5.59. The predicted molar refractivity (Wildman–Crippen MR) is 69.5 cm³/mol. The van der Waals surface area contributed by atoms with Crippen LogP contribution in [-0.4, -0.2) is 14.5 Å². The molecule has 0 bridgehead atoms. The number of thioether (sulfide) groups is 1. The molecule has 0 spiro atoms. The molecule has 17 heavy (non-hydrogen) atoms. The van der Waals surface area contributed by atoms with Crippen LogP contribution >= 0.6 is 23.4 Å². The fourth-order valence-corrected chi connectivity index (χ4v) is 3.72. The Balaban J connectivity index is 1.94. The van der Waals surface area contributed by atoms with Crippen molar-refractivity contribution < 1.29 is 0 Å². The number of pyridine rings is 1. The smallest absolute Gasteiger partial charge is 0.0948 e. The first-order chi connectivity index (χ1) is 8.29. The lowest BCUT2D eigenvalue weighted by Crippen LogP contribution is -2.03. The third-order valence-electron chi connectivity index (χ3n) is 2.98. The van der Waals surface area contributed by atoms with Gasteiger partial charge in [0, 0.05) is 30.3 Å². The average Bonchev–Trinajstić information content (AvgIpc) is 2.94. The molecule has 88 valence electrons. The fourth-order valence-electron chi connectivity index (χ4n) is 2.12. The van der Waals surface area contributed by atoms with Crippen molar-refractivity contribution in [1.29, 1.82) is 0 Å². The summed E-state index contributed by atoms with van der Waals surface area (Å²) in [7, 11) is 0. The van der Waals surface area contributed by atoms with Crippen molar-refractivity contribution in [3.8, 4) is 0 Å². The highest BCUT2D eigenvalue weighted by atomic mass is 35.5. The van der Waals surface area contributed by atoms with E-state index in [-0.39, 0.29) is 0 Å². The Morgan fingerprint density at radius 1 is 1.59 bits per heavy atom. The Kier molecular flexibility index (Phi) is 2.84. The van der Waals surface area contributed by atoms with E-state index in [1.807, 2.05) is 18.6 Å². The molecule has 0 amide bonds. The van der Waals surface area contributed by atoms with Crippen molar-refractivity contribution in [2.45, 2.75) is 30.0 Å². The summed E-state index contributed by atoms with van der Waals surface area (Å²) < 4.78 is 2.18. The van der Waals surface area contributed by atoms with Gasteiger partial charge in [0.2, 0.25) is 0 Å². The second kappa shape index (κ2) is 4.35. The summed E-state index contributed by atoms with van der Waals surface area (Å²) in [5.41, 5.74) is 2.36. The fraction of sp³-hybridized carbons (Fsp3) is 0.333. The standard InChI is InChI=1S/C12H12ClN3S/c1-2-16-7-14-6-10(16)11-5-9-12(17-11)8(13)3-4-15-9/h3-4,6-7,11H,2,5H2,1H3. The molecule has 0 saturated carbocycles. The predicted octanol–water partition coefficient (Wildman–Crippen LogP) is 3.34. The largest absolute Gasteiger partial charge is 0.334 e. The van der Waals surface area contributed by atoms with Crippen LogP contribution in [0, 0.1) is 0 Å². The first kappa shape index (κ1) is 11.1. The molecule has 0 aliphatic carbocycles. The number of hydrogen-bond acceptors (Lipinski definition) is 3. The van der Waals surface area contributed by atoms with Gasteiger partial charge >= 0.3 is 0 Å². The second-order valence-corrected chi connectivity index (χ2v) is 5.60. The second-order valence-electron chi connectivity index (χ2n) is 3.98. The molecule has 0 radical (unpaired) electrons. The van der Waals surface area contributed by atoms with Gasteiger partial charge in [-0.15, -0.1) is 11.8 Å². The average molecular weight is 266 g/mol. The maximum Gasteiger partial charge on any atom is 0.0948 e. The molecule has 5 heteroatoms. The van der Waals surface area contributed by atoms with Gasteiger partial charge in [0.25, 0.3) is 0 Å². The summed E-state index contributed by atoms with van der Waals surface area (Å²) in [6.07, 6.45) is 6.54. The SMILES string of the molecule is CCn1cncc1C1Cc2nccc(Cl)c2S1. The zero-order chi connectivity index (χ0) is 11.8. The Hall–Kier alpha value is -1.000. The molecular formula is C12H12ClN3S. The van der Waals surface area contributed by atoms with Gasteiger partial charge < -0.3 is 4.57 Å². The van der Waals surface area contributed by atoms with Crippen molar-refractivity contribution >= 4 is 23.4 Å². The molecular weight excluding hydrogens is 254 g/mol. The maximum absolute atomic E-state index is 6.19. The van der Waals surface area contributed by atoms with Crippen LogP contribution in [0.1, 0.15) is 23.6 Å².